The Morgan fingerprint density at radius 3 is 2.61 bits per heavy atom. The molecule has 0 saturated heterocycles. The predicted molar refractivity (Wildman–Crippen MR) is 91.2 cm³/mol. The first-order valence-electron chi connectivity index (χ1n) is 6.64. The molecular weight excluding hydrogens is 362 g/mol. The van der Waals surface area contributed by atoms with E-state index in [4.69, 9.17) is 14.7 Å². The summed E-state index contributed by atoms with van der Waals surface area (Å²) in [5.41, 5.74) is 1.49. The number of nitrogens with zero attached hydrogens (tertiary/aromatic N) is 1. The van der Waals surface area contributed by atoms with Gasteiger partial charge in [-0.1, -0.05) is 35.5 Å². The number of halogens is 1. The maximum absolute atomic E-state index is 12.0. The van der Waals surface area contributed by atoms with Crippen LogP contribution in [0.25, 0.3) is 6.08 Å². The summed E-state index contributed by atoms with van der Waals surface area (Å²) in [7, 11) is 1.46. The van der Waals surface area contributed by atoms with Crippen molar-refractivity contribution in [1.29, 1.82) is 0 Å². The van der Waals surface area contributed by atoms with E-state index in [1.807, 2.05) is 30.3 Å². The second kappa shape index (κ2) is 8.14. The zero-order valence-corrected chi connectivity index (χ0v) is 13.9. The lowest BCUT2D eigenvalue weighted by Crippen LogP contribution is -2.06. The Hall–Kier alpha value is -2.60. The number of esters is 1. The van der Waals surface area contributed by atoms with Gasteiger partial charge in [-0.25, -0.2) is 4.79 Å². The number of carbonyl (C=O) groups excluding carboxylic acids is 1. The van der Waals surface area contributed by atoms with Crippen molar-refractivity contribution >= 4 is 34.2 Å². The van der Waals surface area contributed by atoms with Crippen LogP contribution in [0, 0.1) is 0 Å². The average molecular weight is 376 g/mol. The average Bonchev–Trinajstić information content (AvgIpc) is 2.56. The summed E-state index contributed by atoms with van der Waals surface area (Å²) in [5, 5.41) is 11.5. The molecule has 5 nitrogen and oxygen atoms in total. The second-order valence-corrected chi connectivity index (χ2v) is 5.30. The lowest BCUT2D eigenvalue weighted by atomic mass is 10.2. The molecule has 0 aromatic heterocycles. The molecule has 2 aromatic rings. The van der Waals surface area contributed by atoms with Crippen molar-refractivity contribution < 1.29 is 19.5 Å². The monoisotopic (exact) mass is 375 g/mol. The van der Waals surface area contributed by atoms with Crippen molar-refractivity contribution in [2.45, 2.75) is 0 Å². The zero-order valence-electron chi connectivity index (χ0n) is 12.3. The first-order valence-corrected chi connectivity index (χ1v) is 7.43. The van der Waals surface area contributed by atoms with Gasteiger partial charge < -0.3 is 14.7 Å². The van der Waals surface area contributed by atoms with Crippen LogP contribution in [-0.4, -0.2) is 24.5 Å². The highest BCUT2D eigenvalue weighted by atomic mass is 79.9. The number of benzene rings is 2. The van der Waals surface area contributed by atoms with Gasteiger partial charge in [0.15, 0.2) is 11.5 Å². The molecule has 23 heavy (non-hydrogen) atoms. The van der Waals surface area contributed by atoms with Gasteiger partial charge in [0, 0.05) is 11.6 Å². The van der Waals surface area contributed by atoms with Gasteiger partial charge >= 0.3 is 5.97 Å². The van der Waals surface area contributed by atoms with E-state index < -0.39 is 5.97 Å². The van der Waals surface area contributed by atoms with E-state index in [9.17, 15) is 4.79 Å². The van der Waals surface area contributed by atoms with Gasteiger partial charge in [-0.05, 0) is 39.7 Å². The largest absolute Gasteiger partial charge is 0.493 e. The predicted octanol–water partition coefficient (Wildman–Crippen LogP) is 3.88. The van der Waals surface area contributed by atoms with E-state index in [2.05, 4.69) is 21.1 Å². The number of hydrogen-bond acceptors (Lipinski definition) is 5. The maximum Gasteiger partial charge on any atom is 0.336 e. The van der Waals surface area contributed by atoms with Crippen molar-refractivity contribution in [2.75, 3.05) is 7.11 Å². The Bertz CT molecular complexity index is 742. The van der Waals surface area contributed by atoms with Gasteiger partial charge in [0.1, 0.15) is 0 Å². The van der Waals surface area contributed by atoms with Crippen LogP contribution >= 0.6 is 15.9 Å². The van der Waals surface area contributed by atoms with E-state index in [0.29, 0.717) is 15.8 Å². The van der Waals surface area contributed by atoms with Crippen LogP contribution in [0.3, 0.4) is 0 Å². The number of oxime groups is 1. The van der Waals surface area contributed by atoms with E-state index in [1.165, 1.54) is 19.4 Å². The van der Waals surface area contributed by atoms with Crippen LogP contribution in [0.2, 0.25) is 0 Å². The number of carbonyl (C=O) groups is 1. The van der Waals surface area contributed by atoms with Gasteiger partial charge in [-0.3, -0.25) is 0 Å². The van der Waals surface area contributed by atoms with Gasteiger partial charge in [-0.15, -0.1) is 0 Å². The molecule has 0 heterocycles. The van der Waals surface area contributed by atoms with Crippen molar-refractivity contribution in [1.82, 2.24) is 0 Å². The van der Waals surface area contributed by atoms with Gasteiger partial charge in [0.05, 0.1) is 17.8 Å². The molecule has 118 valence electrons. The van der Waals surface area contributed by atoms with Crippen LogP contribution in [0.1, 0.15) is 11.1 Å². The summed E-state index contributed by atoms with van der Waals surface area (Å²) in [6.45, 7) is 0. The summed E-state index contributed by atoms with van der Waals surface area (Å²) >= 11 is 3.31. The van der Waals surface area contributed by atoms with Gasteiger partial charge in [0.25, 0.3) is 0 Å². The fourth-order valence-corrected chi connectivity index (χ4v) is 2.38. The summed E-state index contributed by atoms with van der Waals surface area (Å²) < 4.78 is 11.0. The molecule has 6 heteroatoms. The molecule has 2 rings (SSSR count). The lowest BCUT2D eigenvalue weighted by Gasteiger charge is -2.10. The number of ether oxygens (including phenoxy) is 2. The molecule has 0 unspecified atom stereocenters. The maximum atomic E-state index is 12.0. The molecule has 0 amide bonds. The van der Waals surface area contributed by atoms with Crippen molar-refractivity contribution in [2.24, 2.45) is 5.16 Å². The van der Waals surface area contributed by atoms with E-state index in [0.717, 1.165) is 5.56 Å². The minimum absolute atomic E-state index is 0.255. The molecule has 0 fully saturated rings. The SMILES string of the molecule is COc1cc(/C=N/O)cc(Br)c1OC(=O)/C=C/c1ccccc1. The smallest absolute Gasteiger partial charge is 0.336 e. The van der Waals surface area contributed by atoms with Gasteiger partial charge in [0.2, 0.25) is 0 Å². The fourth-order valence-electron chi connectivity index (χ4n) is 1.84. The second-order valence-electron chi connectivity index (χ2n) is 4.44. The standard InChI is InChI=1S/C17H14BrNO4/c1-22-15-10-13(11-19-21)9-14(18)17(15)23-16(20)8-7-12-5-3-2-4-6-12/h2-11,21H,1H3/b8-7+,19-11+. The number of hydrogen-bond donors (Lipinski definition) is 1. The van der Waals surface area contributed by atoms with Crippen molar-refractivity contribution in [3.63, 3.8) is 0 Å². The Labute approximate surface area is 142 Å². The molecule has 0 saturated carbocycles. The Kier molecular flexibility index (Phi) is 5.94. The highest BCUT2D eigenvalue weighted by Crippen LogP contribution is 2.36. The fraction of sp³-hybridized carbons (Fsp3) is 0.0588. The highest BCUT2D eigenvalue weighted by Gasteiger charge is 2.14. The molecule has 0 bridgehead atoms. The first kappa shape index (κ1) is 16.8. The summed E-state index contributed by atoms with van der Waals surface area (Å²) in [6, 6.07) is 12.7. The highest BCUT2D eigenvalue weighted by molar-refractivity contribution is 9.10. The Morgan fingerprint density at radius 1 is 1.22 bits per heavy atom. The van der Waals surface area contributed by atoms with Crippen LogP contribution < -0.4 is 9.47 Å². The lowest BCUT2D eigenvalue weighted by molar-refractivity contribution is -0.129. The third-order valence-electron chi connectivity index (χ3n) is 2.87. The minimum Gasteiger partial charge on any atom is -0.493 e. The molecule has 0 aliphatic carbocycles. The van der Waals surface area contributed by atoms with Crippen molar-refractivity contribution in [3.8, 4) is 11.5 Å². The van der Waals surface area contributed by atoms with E-state index >= 15 is 0 Å². The summed E-state index contributed by atoms with van der Waals surface area (Å²) in [5.74, 6) is 0.0671. The molecule has 1 N–H and O–H groups in total. The molecule has 0 aliphatic heterocycles. The van der Waals surface area contributed by atoms with Crippen molar-refractivity contribution in [3.05, 3.63) is 64.1 Å². The van der Waals surface area contributed by atoms with Crippen LogP contribution in [-0.2, 0) is 4.79 Å². The normalized spacial score (nSPS) is 11.0. The van der Waals surface area contributed by atoms with E-state index in [1.54, 1.807) is 18.2 Å². The summed E-state index contributed by atoms with van der Waals surface area (Å²) in [4.78, 5) is 12.0. The summed E-state index contributed by atoms with van der Waals surface area (Å²) in [6.07, 6.45) is 4.24. The molecular formula is C17H14BrNO4. The number of methoxy groups -OCH3 is 1. The topological polar surface area (TPSA) is 68.1 Å². The Balaban J connectivity index is 2.19. The molecule has 2 aromatic carbocycles. The van der Waals surface area contributed by atoms with E-state index in [-0.39, 0.29) is 5.75 Å². The molecule has 0 radical (unpaired) electrons. The van der Waals surface area contributed by atoms with Crippen LogP contribution in [0.15, 0.2) is 58.2 Å². The molecule has 0 atom stereocenters. The zero-order chi connectivity index (χ0) is 16.7. The molecule has 0 spiro atoms. The van der Waals surface area contributed by atoms with Crippen LogP contribution in [0.5, 0.6) is 11.5 Å². The Morgan fingerprint density at radius 2 is 1.96 bits per heavy atom. The molecule has 0 aliphatic rings. The van der Waals surface area contributed by atoms with Gasteiger partial charge in [-0.2, -0.15) is 0 Å². The minimum atomic E-state index is -0.531. The third-order valence-corrected chi connectivity index (χ3v) is 3.46. The quantitative estimate of drug-likeness (QED) is 0.215. The first-order chi connectivity index (χ1) is 11.1. The van der Waals surface area contributed by atoms with Crippen LogP contribution in [0.4, 0.5) is 0 Å². The third kappa shape index (κ3) is 4.69. The number of rotatable bonds is 5.